The molecule has 29 heavy (non-hydrogen) atoms. The van der Waals surface area contributed by atoms with E-state index in [4.69, 9.17) is 11.6 Å². The molecule has 1 heterocycles. The number of Topliss-reactive ketones (excluding diaryl/α,β-unsaturated/α-hetero) is 1. The fourth-order valence-electron chi connectivity index (χ4n) is 3.47. The van der Waals surface area contributed by atoms with E-state index in [0.29, 0.717) is 16.3 Å². The SMILES string of the molecule is O=C1C(=O)N(c2cccc(Cl)c2)[C@H](c2ccccc2F)C1=C(O)c1ccccc1. The molecule has 1 aliphatic heterocycles. The lowest BCUT2D eigenvalue weighted by Gasteiger charge is -2.25. The van der Waals surface area contributed by atoms with Crippen molar-refractivity contribution in [3.63, 3.8) is 0 Å². The van der Waals surface area contributed by atoms with E-state index < -0.39 is 23.5 Å². The lowest BCUT2D eigenvalue weighted by molar-refractivity contribution is -0.132. The molecule has 0 saturated carbocycles. The average molecular weight is 408 g/mol. The molecule has 0 radical (unpaired) electrons. The van der Waals surface area contributed by atoms with Gasteiger partial charge in [0.1, 0.15) is 11.6 Å². The normalized spacial score (nSPS) is 18.3. The van der Waals surface area contributed by atoms with Crippen LogP contribution < -0.4 is 4.90 Å². The summed E-state index contributed by atoms with van der Waals surface area (Å²) in [4.78, 5) is 27.0. The van der Waals surface area contributed by atoms with Crippen molar-refractivity contribution in [3.05, 3.63) is 106 Å². The highest BCUT2D eigenvalue weighted by molar-refractivity contribution is 6.51. The lowest BCUT2D eigenvalue weighted by Crippen LogP contribution is -2.29. The van der Waals surface area contributed by atoms with E-state index in [2.05, 4.69) is 0 Å². The van der Waals surface area contributed by atoms with Crippen LogP contribution in [0.4, 0.5) is 10.1 Å². The number of aliphatic hydroxyl groups is 1. The number of nitrogens with zero attached hydrogens (tertiary/aromatic N) is 1. The van der Waals surface area contributed by atoms with Gasteiger partial charge in [0.05, 0.1) is 11.6 Å². The molecule has 1 fully saturated rings. The molecule has 0 unspecified atom stereocenters. The molecule has 1 aliphatic rings. The standard InChI is InChI=1S/C23H15ClFNO3/c24-15-9-6-10-16(13-15)26-20(17-11-4-5-12-18(17)25)19(22(28)23(26)29)21(27)14-7-2-1-3-8-14/h1-13,20,27H/t20-/m1/s1. The van der Waals surface area contributed by atoms with Gasteiger partial charge in [0.2, 0.25) is 0 Å². The number of benzene rings is 3. The summed E-state index contributed by atoms with van der Waals surface area (Å²) in [6.45, 7) is 0. The Kier molecular flexibility index (Phi) is 4.91. The number of carbonyl (C=O) groups excluding carboxylic acids is 2. The van der Waals surface area contributed by atoms with Crippen LogP contribution in [0.25, 0.3) is 5.76 Å². The number of ketones is 1. The van der Waals surface area contributed by atoms with E-state index in [1.165, 1.54) is 29.2 Å². The van der Waals surface area contributed by atoms with Crippen LogP contribution in [-0.2, 0) is 9.59 Å². The highest BCUT2D eigenvalue weighted by Gasteiger charge is 2.47. The van der Waals surface area contributed by atoms with Gasteiger partial charge in [-0.15, -0.1) is 0 Å². The third kappa shape index (κ3) is 3.30. The number of halogens is 2. The van der Waals surface area contributed by atoms with Gasteiger partial charge in [0.25, 0.3) is 11.7 Å². The van der Waals surface area contributed by atoms with Gasteiger partial charge in [-0.05, 0) is 24.3 Å². The van der Waals surface area contributed by atoms with Gasteiger partial charge in [0, 0.05) is 21.8 Å². The molecule has 4 rings (SSSR count). The molecule has 1 atom stereocenters. The van der Waals surface area contributed by atoms with Crippen LogP contribution in [0.1, 0.15) is 17.2 Å². The van der Waals surface area contributed by atoms with Crippen LogP contribution in [0.2, 0.25) is 5.02 Å². The number of hydrogen-bond donors (Lipinski definition) is 1. The minimum Gasteiger partial charge on any atom is -0.507 e. The van der Waals surface area contributed by atoms with Gasteiger partial charge < -0.3 is 5.11 Å². The maximum absolute atomic E-state index is 14.7. The van der Waals surface area contributed by atoms with E-state index in [1.807, 2.05) is 0 Å². The molecule has 0 spiro atoms. The summed E-state index contributed by atoms with van der Waals surface area (Å²) in [5.41, 5.74) is 0.619. The van der Waals surface area contributed by atoms with E-state index in [9.17, 15) is 19.1 Å². The Bertz CT molecular complexity index is 1140. The second-order valence-electron chi connectivity index (χ2n) is 6.54. The summed E-state index contributed by atoms with van der Waals surface area (Å²) in [6.07, 6.45) is 0. The number of amides is 1. The number of rotatable bonds is 3. The minimum absolute atomic E-state index is 0.101. The molecule has 3 aromatic rings. The van der Waals surface area contributed by atoms with Crippen molar-refractivity contribution in [1.82, 2.24) is 0 Å². The minimum atomic E-state index is -1.13. The maximum Gasteiger partial charge on any atom is 0.300 e. The summed E-state index contributed by atoms with van der Waals surface area (Å²) in [5.74, 6) is -2.70. The number of hydrogen-bond acceptors (Lipinski definition) is 3. The number of anilines is 1. The van der Waals surface area contributed by atoms with Gasteiger partial charge >= 0.3 is 0 Å². The zero-order valence-corrected chi connectivity index (χ0v) is 15.8. The molecular weight excluding hydrogens is 393 g/mol. The second-order valence-corrected chi connectivity index (χ2v) is 6.97. The van der Waals surface area contributed by atoms with Gasteiger partial charge in [-0.1, -0.05) is 66.2 Å². The van der Waals surface area contributed by atoms with E-state index in [-0.39, 0.29) is 16.9 Å². The largest absolute Gasteiger partial charge is 0.507 e. The zero-order valence-electron chi connectivity index (χ0n) is 15.0. The zero-order chi connectivity index (χ0) is 20.5. The summed E-state index contributed by atoms with van der Waals surface area (Å²) >= 11 is 6.07. The first kappa shape index (κ1) is 18.9. The number of aliphatic hydroxyl groups excluding tert-OH is 1. The van der Waals surface area contributed by atoms with Crippen LogP contribution in [0, 0.1) is 5.82 Å². The van der Waals surface area contributed by atoms with E-state index >= 15 is 0 Å². The highest BCUT2D eigenvalue weighted by atomic mass is 35.5. The molecule has 0 bridgehead atoms. The molecule has 0 aliphatic carbocycles. The van der Waals surface area contributed by atoms with Gasteiger partial charge in [-0.3, -0.25) is 14.5 Å². The summed E-state index contributed by atoms with van der Waals surface area (Å²) < 4.78 is 14.7. The monoisotopic (exact) mass is 407 g/mol. The molecular formula is C23H15ClFNO3. The quantitative estimate of drug-likeness (QED) is 0.373. The molecule has 144 valence electrons. The molecule has 1 N–H and O–H groups in total. The third-order valence-electron chi connectivity index (χ3n) is 4.78. The maximum atomic E-state index is 14.7. The fraction of sp³-hybridized carbons (Fsp3) is 0.0435. The lowest BCUT2D eigenvalue weighted by atomic mass is 9.95. The van der Waals surface area contributed by atoms with Crippen molar-refractivity contribution < 1.29 is 19.1 Å². The van der Waals surface area contributed by atoms with Crippen LogP contribution in [0.3, 0.4) is 0 Å². The van der Waals surface area contributed by atoms with Crippen molar-refractivity contribution in [3.8, 4) is 0 Å². The van der Waals surface area contributed by atoms with Crippen LogP contribution in [0.5, 0.6) is 0 Å². The molecule has 1 amide bonds. The smallest absolute Gasteiger partial charge is 0.300 e. The van der Waals surface area contributed by atoms with E-state index in [1.54, 1.807) is 54.6 Å². The summed E-state index contributed by atoms with van der Waals surface area (Å²) in [7, 11) is 0. The van der Waals surface area contributed by atoms with Crippen LogP contribution >= 0.6 is 11.6 Å². The van der Waals surface area contributed by atoms with Gasteiger partial charge in [-0.2, -0.15) is 0 Å². The predicted octanol–water partition coefficient (Wildman–Crippen LogP) is 5.11. The van der Waals surface area contributed by atoms with Crippen LogP contribution in [0.15, 0.2) is 84.4 Å². The first-order chi connectivity index (χ1) is 14.0. The molecule has 1 saturated heterocycles. The molecule has 4 nitrogen and oxygen atoms in total. The van der Waals surface area contributed by atoms with Crippen molar-refractivity contribution in [2.45, 2.75) is 6.04 Å². The predicted molar refractivity (Wildman–Crippen MR) is 109 cm³/mol. The average Bonchev–Trinajstić information content (AvgIpc) is 2.99. The van der Waals surface area contributed by atoms with Crippen molar-refractivity contribution >= 4 is 34.7 Å². The van der Waals surface area contributed by atoms with Gasteiger partial charge in [0.15, 0.2) is 0 Å². The Balaban J connectivity index is 1.99. The Morgan fingerprint density at radius 3 is 2.31 bits per heavy atom. The van der Waals surface area contributed by atoms with Crippen molar-refractivity contribution in [1.29, 1.82) is 0 Å². The first-order valence-corrected chi connectivity index (χ1v) is 9.23. The van der Waals surface area contributed by atoms with Gasteiger partial charge in [-0.25, -0.2) is 4.39 Å². The topological polar surface area (TPSA) is 57.6 Å². The van der Waals surface area contributed by atoms with Crippen molar-refractivity contribution in [2.75, 3.05) is 4.90 Å². The molecule has 3 aromatic carbocycles. The second kappa shape index (κ2) is 7.53. The Labute approximate surface area is 171 Å². The van der Waals surface area contributed by atoms with Crippen molar-refractivity contribution in [2.24, 2.45) is 0 Å². The summed E-state index contributed by atoms with van der Waals surface area (Å²) in [6, 6.07) is 19.5. The van der Waals surface area contributed by atoms with Crippen LogP contribution in [-0.4, -0.2) is 16.8 Å². The number of carbonyl (C=O) groups is 2. The molecule has 6 heteroatoms. The van der Waals surface area contributed by atoms with E-state index in [0.717, 1.165) is 0 Å². The highest BCUT2D eigenvalue weighted by Crippen LogP contribution is 2.43. The fourth-order valence-corrected chi connectivity index (χ4v) is 3.65. The molecule has 0 aromatic heterocycles. The third-order valence-corrected chi connectivity index (χ3v) is 5.01. The Morgan fingerprint density at radius 1 is 0.931 bits per heavy atom. The Morgan fingerprint density at radius 2 is 1.62 bits per heavy atom. The Hall–Kier alpha value is -3.44. The summed E-state index contributed by atoms with van der Waals surface area (Å²) in [5, 5.41) is 11.2. The first-order valence-electron chi connectivity index (χ1n) is 8.85.